The molecule has 0 N–H and O–H groups in total. The van der Waals surface area contributed by atoms with Crippen LogP contribution >= 0.6 is 0 Å². The normalized spacial score (nSPS) is 16.9. The van der Waals surface area contributed by atoms with Crippen LogP contribution in [0.4, 0.5) is 0 Å². The van der Waals surface area contributed by atoms with Crippen molar-refractivity contribution in [1.29, 1.82) is 0 Å². The molecule has 3 rings (SSSR count). The summed E-state index contributed by atoms with van der Waals surface area (Å²) < 4.78 is 6.06. The van der Waals surface area contributed by atoms with Gasteiger partial charge >= 0.3 is 0 Å². The van der Waals surface area contributed by atoms with E-state index in [1.54, 1.807) is 0 Å². The minimum absolute atomic E-state index is 0.340. The zero-order chi connectivity index (χ0) is 13.9. The van der Waals surface area contributed by atoms with Gasteiger partial charge in [-0.1, -0.05) is 54.1 Å². The molecule has 1 aliphatic heterocycles. The molecule has 1 aliphatic rings. The second-order valence-corrected chi connectivity index (χ2v) is 5.30. The van der Waals surface area contributed by atoms with Gasteiger partial charge in [-0.25, -0.2) is 0 Å². The molecule has 2 aromatic carbocycles. The lowest BCUT2D eigenvalue weighted by atomic mass is 9.89. The second kappa shape index (κ2) is 5.38. The van der Waals surface area contributed by atoms with E-state index >= 15 is 0 Å². The molecule has 0 radical (unpaired) electrons. The summed E-state index contributed by atoms with van der Waals surface area (Å²) in [5.41, 5.74) is 3.55. The Morgan fingerprint density at radius 2 is 1.75 bits per heavy atom. The number of fused-ring (bicyclic) bond motifs is 1. The third-order valence-corrected chi connectivity index (χ3v) is 3.52. The highest BCUT2D eigenvalue weighted by Gasteiger charge is 2.22. The molecular weight excluding hydrogens is 244 g/mol. The first kappa shape index (κ1) is 12.7. The van der Waals surface area contributed by atoms with E-state index in [1.807, 2.05) is 30.3 Å². The van der Waals surface area contributed by atoms with Crippen LogP contribution in [0.5, 0.6) is 5.75 Å². The number of hydrogen-bond donors (Lipinski definition) is 0. The Balaban J connectivity index is 2.02. The molecule has 1 heterocycles. The molecule has 0 aliphatic carbocycles. The van der Waals surface area contributed by atoms with E-state index in [2.05, 4.69) is 43.8 Å². The number of rotatable bonds is 3. The second-order valence-electron chi connectivity index (χ2n) is 5.30. The highest BCUT2D eigenvalue weighted by Crippen LogP contribution is 2.39. The third-order valence-electron chi connectivity index (χ3n) is 3.52. The van der Waals surface area contributed by atoms with E-state index in [-0.39, 0.29) is 0 Å². The molecule has 0 saturated carbocycles. The first-order valence-corrected chi connectivity index (χ1v) is 6.92. The average molecular weight is 262 g/mol. The van der Waals surface area contributed by atoms with Crippen LogP contribution in [0.3, 0.4) is 0 Å². The Morgan fingerprint density at radius 3 is 2.50 bits per heavy atom. The standard InChI is InChI=1S/C19H18O/c1-14(2)12-16-13-19(15-8-4-3-5-9-15)20-18-11-7-6-10-17(16)18/h3-11,13,16H,1,12H2,2H3. The zero-order valence-electron chi connectivity index (χ0n) is 11.7. The van der Waals surface area contributed by atoms with Gasteiger partial charge in [0.15, 0.2) is 0 Å². The first-order valence-electron chi connectivity index (χ1n) is 6.92. The van der Waals surface area contributed by atoms with Gasteiger partial charge in [0.05, 0.1) is 0 Å². The van der Waals surface area contributed by atoms with Gasteiger partial charge in [0.1, 0.15) is 11.5 Å². The minimum Gasteiger partial charge on any atom is -0.457 e. The predicted molar refractivity (Wildman–Crippen MR) is 83.7 cm³/mol. The van der Waals surface area contributed by atoms with E-state index < -0.39 is 0 Å². The maximum Gasteiger partial charge on any atom is 0.131 e. The van der Waals surface area contributed by atoms with Crippen molar-refractivity contribution in [1.82, 2.24) is 0 Å². The lowest BCUT2D eigenvalue weighted by Crippen LogP contribution is -2.09. The third kappa shape index (κ3) is 2.53. The number of ether oxygens (including phenoxy) is 1. The summed E-state index contributed by atoms with van der Waals surface area (Å²) in [5, 5.41) is 0. The van der Waals surface area contributed by atoms with Crippen molar-refractivity contribution in [3.8, 4) is 5.75 Å². The number of para-hydroxylation sites is 1. The molecule has 1 unspecified atom stereocenters. The lowest BCUT2D eigenvalue weighted by molar-refractivity contribution is 0.485. The highest BCUT2D eigenvalue weighted by atomic mass is 16.5. The van der Waals surface area contributed by atoms with E-state index in [0.717, 1.165) is 23.5 Å². The molecule has 1 atom stereocenters. The molecule has 2 aromatic rings. The van der Waals surface area contributed by atoms with E-state index in [0.29, 0.717) is 5.92 Å². The summed E-state index contributed by atoms with van der Waals surface area (Å²) in [6.07, 6.45) is 3.17. The summed E-state index contributed by atoms with van der Waals surface area (Å²) in [6.45, 7) is 6.13. The van der Waals surface area contributed by atoms with Crippen molar-refractivity contribution in [3.63, 3.8) is 0 Å². The Bertz CT molecular complexity index is 652. The van der Waals surface area contributed by atoms with Gasteiger partial charge in [-0.05, 0) is 25.5 Å². The summed E-state index contributed by atoms with van der Waals surface area (Å²) in [4.78, 5) is 0. The van der Waals surface area contributed by atoms with Crippen molar-refractivity contribution >= 4 is 5.76 Å². The van der Waals surface area contributed by atoms with Crippen molar-refractivity contribution in [2.24, 2.45) is 0 Å². The van der Waals surface area contributed by atoms with Crippen LogP contribution in [0.2, 0.25) is 0 Å². The lowest BCUT2D eigenvalue weighted by Gasteiger charge is -2.25. The Labute approximate surface area is 120 Å². The van der Waals surface area contributed by atoms with Crippen LogP contribution in [0.25, 0.3) is 5.76 Å². The zero-order valence-corrected chi connectivity index (χ0v) is 11.7. The largest absolute Gasteiger partial charge is 0.457 e. The molecule has 0 saturated heterocycles. The molecular formula is C19H18O. The van der Waals surface area contributed by atoms with Crippen LogP contribution in [0.1, 0.15) is 30.4 Å². The maximum absolute atomic E-state index is 6.06. The quantitative estimate of drug-likeness (QED) is 0.693. The first-order chi connectivity index (χ1) is 9.74. The summed E-state index contributed by atoms with van der Waals surface area (Å²) in [6, 6.07) is 18.5. The van der Waals surface area contributed by atoms with Crippen molar-refractivity contribution < 1.29 is 4.74 Å². The Kier molecular flexibility index (Phi) is 3.42. The maximum atomic E-state index is 6.06. The molecule has 20 heavy (non-hydrogen) atoms. The van der Waals surface area contributed by atoms with Gasteiger partial charge in [0, 0.05) is 17.0 Å². The highest BCUT2D eigenvalue weighted by molar-refractivity contribution is 5.66. The van der Waals surface area contributed by atoms with Gasteiger partial charge < -0.3 is 4.74 Å². The fourth-order valence-corrected chi connectivity index (χ4v) is 2.61. The van der Waals surface area contributed by atoms with E-state index in [1.165, 1.54) is 11.1 Å². The monoisotopic (exact) mass is 262 g/mol. The summed E-state index contributed by atoms with van der Waals surface area (Å²) in [7, 11) is 0. The van der Waals surface area contributed by atoms with Crippen LogP contribution in [-0.2, 0) is 0 Å². The smallest absolute Gasteiger partial charge is 0.131 e. The number of hydrogen-bond acceptors (Lipinski definition) is 1. The Morgan fingerprint density at radius 1 is 1.05 bits per heavy atom. The van der Waals surface area contributed by atoms with Crippen molar-refractivity contribution in [3.05, 3.63) is 84.0 Å². The summed E-state index contributed by atoms with van der Waals surface area (Å²) >= 11 is 0. The molecule has 0 fully saturated rings. The summed E-state index contributed by atoms with van der Waals surface area (Å²) in [5.74, 6) is 2.24. The number of allylic oxidation sites excluding steroid dienone is 2. The minimum atomic E-state index is 0.340. The molecule has 1 heteroatoms. The van der Waals surface area contributed by atoms with Gasteiger partial charge in [-0.2, -0.15) is 0 Å². The average Bonchev–Trinajstić information content (AvgIpc) is 2.47. The van der Waals surface area contributed by atoms with Crippen LogP contribution in [0.15, 0.2) is 72.8 Å². The van der Waals surface area contributed by atoms with Gasteiger partial charge in [-0.15, -0.1) is 6.58 Å². The van der Waals surface area contributed by atoms with E-state index in [9.17, 15) is 0 Å². The van der Waals surface area contributed by atoms with Crippen molar-refractivity contribution in [2.75, 3.05) is 0 Å². The molecule has 0 amide bonds. The van der Waals surface area contributed by atoms with Crippen LogP contribution in [0, 0.1) is 0 Å². The fraction of sp³-hybridized carbons (Fsp3) is 0.158. The SMILES string of the molecule is C=C(C)CC1C=C(c2ccccc2)Oc2ccccc21. The van der Waals surface area contributed by atoms with Gasteiger partial charge in [-0.3, -0.25) is 0 Å². The van der Waals surface area contributed by atoms with Crippen molar-refractivity contribution in [2.45, 2.75) is 19.3 Å². The van der Waals surface area contributed by atoms with Crippen LogP contribution in [-0.4, -0.2) is 0 Å². The molecule has 0 bridgehead atoms. The predicted octanol–water partition coefficient (Wildman–Crippen LogP) is 5.17. The van der Waals surface area contributed by atoms with Gasteiger partial charge in [0.2, 0.25) is 0 Å². The fourth-order valence-electron chi connectivity index (χ4n) is 2.61. The number of benzene rings is 2. The molecule has 0 aromatic heterocycles. The molecule has 0 spiro atoms. The van der Waals surface area contributed by atoms with E-state index in [4.69, 9.17) is 4.74 Å². The topological polar surface area (TPSA) is 9.23 Å². The van der Waals surface area contributed by atoms with Crippen LogP contribution < -0.4 is 4.74 Å². The Hall–Kier alpha value is -2.28. The van der Waals surface area contributed by atoms with Gasteiger partial charge in [0.25, 0.3) is 0 Å². The molecule has 100 valence electrons. The molecule has 1 nitrogen and oxygen atoms in total.